The summed E-state index contributed by atoms with van der Waals surface area (Å²) in [5.41, 5.74) is 1.24. The van der Waals surface area contributed by atoms with E-state index < -0.39 is 11.3 Å². The summed E-state index contributed by atoms with van der Waals surface area (Å²) in [6, 6.07) is 11.7. The van der Waals surface area contributed by atoms with E-state index in [1.807, 2.05) is 12.1 Å². The van der Waals surface area contributed by atoms with E-state index in [4.69, 9.17) is 27.1 Å². The fourth-order valence-corrected chi connectivity index (χ4v) is 3.95. The highest BCUT2D eigenvalue weighted by atomic mass is 16.5. The molecule has 0 bridgehead atoms. The van der Waals surface area contributed by atoms with Crippen molar-refractivity contribution in [1.29, 1.82) is 0 Å². The van der Waals surface area contributed by atoms with Gasteiger partial charge >= 0.3 is 11.3 Å². The van der Waals surface area contributed by atoms with Crippen molar-refractivity contribution < 1.29 is 27.1 Å². The standard InChI is InChI=1S/C24H14O8/c1-27-23-21-15(5-7-29-21)16(14-2-3-20(25)32-22(14)23)11-30-19-9-13-8-12-4-6-28-17(12)10-18(13)31-24(19)26/h2-10H,11H2,1H3. The first-order valence-corrected chi connectivity index (χ1v) is 9.70. The molecule has 0 saturated heterocycles. The first-order chi connectivity index (χ1) is 15.6. The van der Waals surface area contributed by atoms with Gasteiger partial charge in [-0.2, -0.15) is 0 Å². The van der Waals surface area contributed by atoms with Gasteiger partial charge in [0.15, 0.2) is 11.2 Å². The molecule has 0 aliphatic carbocycles. The summed E-state index contributed by atoms with van der Waals surface area (Å²) >= 11 is 0. The van der Waals surface area contributed by atoms with Gasteiger partial charge in [0.1, 0.15) is 17.8 Å². The highest BCUT2D eigenvalue weighted by Gasteiger charge is 2.20. The number of hydrogen-bond donors (Lipinski definition) is 0. The van der Waals surface area contributed by atoms with Crippen molar-refractivity contribution in [2.45, 2.75) is 6.61 Å². The molecule has 0 N–H and O–H groups in total. The van der Waals surface area contributed by atoms with Crippen LogP contribution in [-0.4, -0.2) is 7.11 Å². The first-order valence-electron chi connectivity index (χ1n) is 9.70. The summed E-state index contributed by atoms with van der Waals surface area (Å²) < 4.78 is 33.0. The monoisotopic (exact) mass is 430 g/mol. The molecule has 8 heteroatoms. The maximum atomic E-state index is 12.5. The van der Waals surface area contributed by atoms with Gasteiger partial charge in [0.25, 0.3) is 0 Å². The Hall–Kier alpha value is -4.46. The fourth-order valence-electron chi connectivity index (χ4n) is 3.95. The molecule has 4 heterocycles. The number of rotatable bonds is 4. The molecule has 0 aliphatic rings. The number of ether oxygens (including phenoxy) is 2. The predicted octanol–water partition coefficient (Wildman–Crippen LogP) is 4.98. The van der Waals surface area contributed by atoms with E-state index in [9.17, 15) is 9.59 Å². The average molecular weight is 430 g/mol. The Labute approximate surface area is 178 Å². The third-order valence-electron chi connectivity index (χ3n) is 5.41. The van der Waals surface area contributed by atoms with E-state index in [1.165, 1.54) is 19.4 Å². The van der Waals surface area contributed by atoms with Gasteiger partial charge in [-0.25, -0.2) is 9.59 Å². The van der Waals surface area contributed by atoms with Gasteiger partial charge in [0, 0.05) is 39.2 Å². The van der Waals surface area contributed by atoms with Crippen molar-refractivity contribution in [3.8, 4) is 11.5 Å². The van der Waals surface area contributed by atoms with Crippen LogP contribution in [0.25, 0.3) is 43.9 Å². The molecule has 8 nitrogen and oxygen atoms in total. The maximum absolute atomic E-state index is 12.5. The third kappa shape index (κ3) is 2.70. The van der Waals surface area contributed by atoms with Crippen LogP contribution < -0.4 is 20.7 Å². The molecule has 32 heavy (non-hydrogen) atoms. The molecule has 0 radical (unpaired) electrons. The summed E-state index contributed by atoms with van der Waals surface area (Å²) in [6.07, 6.45) is 3.08. The molecule has 6 rings (SSSR count). The molecule has 0 aliphatic heterocycles. The lowest BCUT2D eigenvalue weighted by Gasteiger charge is -2.12. The zero-order valence-corrected chi connectivity index (χ0v) is 16.7. The topological polar surface area (TPSA) is 105 Å². The second-order valence-electron chi connectivity index (χ2n) is 7.21. The van der Waals surface area contributed by atoms with E-state index in [2.05, 4.69) is 0 Å². The Morgan fingerprint density at radius 3 is 2.53 bits per heavy atom. The molecule has 158 valence electrons. The van der Waals surface area contributed by atoms with Crippen molar-refractivity contribution in [2.75, 3.05) is 7.11 Å². The van der Waals surface area contributed by atoms with Crippen LogP contribution in [0.15, 0.2) is 82.2 Å². The quantitative estimate of drug-likeness (QED) is 0.361. The average Bonchev–Trinajstić information content (AvgIpc) is 3.44. The van der Waals surface area contributed by atoms with Crippen LogP contribution in [-0.2, 0) is 6.61 Å². The molecular weight excluding hydrogens is 416 g/mol. The maximum Gasteiger partial charge on any atom is 0.379 e. The summed E-state index contributed by atoms with van der Waals surface area (Å²) in [5.74, 6) is 0.370. The second-order valence-corrected chi connectivity index (χ2v) is 7.21. The SMILES string of the molecule is COc1c2occc2c(COc2cc3cc4ccoc4cc3oc2=O)c2ccc(=O)oc12. The smallest absolute Gasteiger partial charge is 0.379 e. The summed E-state index contributed by atoms with van der Waals surface area (Å²) in [4.78, 5) is 24.3. The van der Waals surface area contributed by atoms with Crippen molar-refractivity contribution >= 4 is 43.9 Å². The van der Waals surface area contributed by atoms with Crippen molar-refractivity contribution in [2.24, 2.45) is 0 Å². The van der Waals surface area contributed by atoms with Gasteiger partial charge in [0.05, 0.1) is 19.6 Å². The fraction of sp³-hybridized carbons (Fsp3) is 0.0833. The Morgan fingerprint density at radius 1 is 0.812 bits per heavy atom. The summed E-state index contributed by atoms with van der Waals surface area (Å²) in [5, 5.41) is 2.91. The Kier molecular flexibility index (Phi) is 3.88. The van der Waals surface area contributed by atoms with E-state index in [0.29, 0.717) is 44.2 Å². The second kappa shape index (κ2) is 6.78. The molecular formula is C24H14O8. The predicted molar refractivity (Wildman–Crippen MR) is 115 cm³/mol. The van der Waals surface area contributed by atoms with Crippen molar-refractivity contribution in [1.82, 2.24) is 0 Å². The Morgan fingerprint density at radius 2 is 1.66 bits per heavy atom. The zero-order valence-electron chi connectivity index (χ0n) is 16.7. The summed E-state index contributed by atoms with van der Waals surface area (Å²) in [6.45, 7) is 0.00841. The number of fused-ring (bicyclic) bond motifs is 4. The minimum Gasteiger partial charge on any atom is -0.490 e. The Balaban J connectivity index is 1.48. The van der Waals surface area contributed by atoms with Crippen LogP contribution in [0.4, 0.5) is 0 Å². The lowest BCUT2D eigenvalue weighted by atomic mass is 10.0. The summed E-state index contributed by atoms with van der Waals surface area (Å²) in [7, 11) is 1.47. The lowest BCUT2D eigenvalue weighted by molar-refractivity contribution is 0.293. The van der Waals surface area contributed by atoms with Crippen LogP contribution >= 0.6 is 0 Å². The lowest BCUT2D eigenvalue weighted by Crippen LogP contribution is -2.08. The normalized spacial score (nSPS) is 11.7. The largest absolute Gasteiger partial charge is 0.490 e. The van der Waals surface area contributed by atoms with Gasteiger partial charge in [-0.1, -0.05) is 0 Å². The number of methoxy groups -OCH3 is 1. The first kappa shape index (κ1) is 18.3. The van der Waals surface area contributed by atoms with E-state index >= 15 is 0 Å². The van der Waals surface area contributed by atoms with Crippen LogP contribution in [0.1, 0.15) is 5.56 Å². The van der Waals surface area contributed by atoms with E-state index in [0.717, 1.165) is 5.39 Å². The minimum absolute atomic E-state index is 0.00841. The van der Waals surface area contributed by atoms with Crippen LogP contribution in [0.3, 0.4) is 0 Å². The third-order valence-corrected chi connectivity index (χ3v) is 5.41. The van der Waals surface area contributed by atoms with Gasteiger partial charge in [-0.15, -0.1) is 0 Å². The molecule has 0 spiro atoms. The van der Waals surface area contributed by atoms with Crippen LogP contribution in [0, 0.1) is 0 Å². The number of furan rings is 2. The van der Waals surface area contributed by atoms with Gasteiger partial charge in [-0.3, -0.25) is 0 Å². The van der Waals surface area contributed by atoms with Crippen LogP contribution in [0.2, 0.25) is 0 Å². The molecule has 0 saturated carbocycles. The van der Waals surface area contributed by atoms with E-state index in [-0.39, 0.29) is 17.9 Å². The van der Waals surface area contributed by atoms with Gasteiger partial charge < -0.3 is 27.1 Å². The zero-order chi connectivity index (χ0) is 21.8. The molecule has 0 fully saturated rings. The molecule has 0 atom stereocenters. The number of hydrogen-bond acceptors (Lipinski definition) is 8. The molecule has 6 aromatic rings. The molecule has 4 aromatic heterocycles. The van der Waals surface area contributed by atoms with Crippen molar-refractivity contribution in [3.63, 3.8) is 0 Å². The highest BCUT2D eigenvalue weighted by Crippen LogP contribution is 2.38. The van der Waals surface area contributed by atoms with Crippen LogP contribution in [0.5, 0.6) is 11.5 Å². The minimum atomic E-state index is -0.615. The molecule has 2 aromatic carbocycles. The van der Waals surface area contributed by atoms with Gasteiger partial charge in [0.2, 0.25) is 11.5 Å². The highest BCUT2D eigenvalue weighted by molar-refractivity contribution is 6.03. The Bertz CT molecular complexity index is 1760. The van der Waals surface area contributed by atoms with E-state index in [1.54, 1.807) is 30.5 Å². The molecule has 0 amide bonds. The number of benzene rings is 2. The van der Waals surface area contributed by atoms with Crippen molar-refractivity contribution in [3.05, 3.63) is 81.4 Å². The van der Waals surface area contributed by atoms with Gasteiger partial charge in [-0.05, 0) is 30.3 Å². The molecule has 0 unspecified atom stereocenters.